The highest BCUT2D eigenvalue weighted by Gasteiger charge is 2.19. The van der Waals surface area contributed by atoms with Crippen molar-refractivity contribution in [3.05, 3.63) is 88.5 Å². The van der Waals surface area contributed by atoms with Crippen LogP contribution in [0.3, 0.4) is 0 Å². The Morgan fingerprint density at radius 3 is 2.69 bits per heavy atom. The maximum absolute atomic E-state index is 11.9. The lowest BCUT2D eigenvalue weighted by Crippen LogP contribution is -2.25. The molecule has 178 valence electrons. The Morgan fingerprint density at radius 1 is 1.11 bits per heavy atom. The minimum atomic E-state index is -0.140. The van der Waals surface area contributed by atoms with E-state index in [0.717, 1.165) is 40.3 Å². The van der Waals surface area contributed by atoms with Gasteiger partial charge in [0, 0.05) is 17.0 Å². The molecule has 6 nitrogen and oxygen atoms in total. The molecule has 1 N–H and O–H groups in total. The number of benzene rings is 3. The van der Waals surface area contributed by atoms with Crippen molar-refractivity contribution in [1.29, 1.82) is 0 Å². The highest BCUT2D eigenvalue weighted by molar-refractivity contribution is 7.07. The van der Waals surface area contributed by atoms with Crippen molar-refractivity contribution in [2.75, 3.05) is 19.0 Å². The largest absolute Gasteiger partial charge is 0.497 e. The predicted octanol–water partition coefficient (Wildman–Crippen LogP) is 5.98. The molecule has 1 aromatic heterocycles. The van der Waals surface area contributed by atoms with E-state index in [1.165, 1.54) is 5.56 Å². The number of carbonyl (C=O) groups is 1. The summed E-state index contributed by atoms with van der Waals surface area (Å²) in [7, 11) is 1.66. The number of methoxy groups -OCH3 is 1. The van der Waals surface area contributed by atoms with Crippen LogP contribution < -0.4 is 19.6 Å². The molecule has 3 aromatic carbocycles. The number of fused-ring (bicyclic) bond motifs is 1. The Hall–Kier alpha value is -3.84. The van der Waals surface area contributed by atoms with E-state index in [2.05, 4.69) is 46.5 Å². The average molecular weight is 486 g/mol. The lowest BCUT2D eigenvalue weighted by molar-refractivity contribution is -0.118. The van der Waals surface area contributed by atoms with E-state index in [1.54, 1.807) is 18.4 Å². The van der Waals surface area contributed by atoms with Gasteiger partial charge in [0.2, 0.25) is 0 Å². The van der Waals surface area contributed by atoms with Gasteiger partial charge in [0.25, 0.3) is 5.91 Å². The van der Waals surface area contributed by atoms with Crippen LogP contribution in [0.2, 0.25) is 0 Å². The summed E-state index contributed by atoms with van der Waals surface area (Å²) in [6.45, 7) is 2.28. The van der Waals surface area contributed by atoms with Crippen LogP contribution in [0.15, 0.2) is 83.2 Å². The molecule has 35 heavy (non-hydrogen) atoms. The lowest BCUT2D eigenvalue weighted by Gasteiger charge is -2.21. The average Bonchev–Trinajstić information content (AvgIpc) is 3.31. The van der Waals surface area contributed by atoms with Crippen molar-refractivity contribution in [1.82, 2.24) is 4.57 Å². The van der Waals surface area contributed by atoms with E-state index in [0.29, 0.717) is 11.4 Å². The zero-order valence-electron chi connectivity index (χ0n) is 19.7. The van der Waals surface area contributed by atoms with Crippen LogP contribution in [0.5, 0.6) is 11.5 Å². The van der Waals surface area contributed by atoms with Crippen molar-refractivity contribution in [3.8, 4) is 22.8 Å². The third-order valence-corrected chi connectivity index (χ3v) is 6.92. The predicted molar refractivity (Wildman–Crippen MR) is 140 cm³/mol. The van der Waals surface area contributed by atoms with Crippen LogP contribution in [0.1, 0.15) is 24.9 Å². The molecule has 0 unspecified atom stereocenters. The molecular formula is C28H27N3O3S. The monoisotopic (exact) mass is 485 g/mol. The van der Waals surface area contributed by atoms with Crippen LogP contribution in [0, 0.1) is 0 Å². The molecule has 0 aliphatic carbocycles. The summed E-state index contributed by atoms with van der Waals surface area (Å²) >= 11 is 1.61. The topological polar surface area (TPSA) is 64.8 Å². The number of anilines is 1. The number of ether oxygens (including phenoxy) is 2. The smallest absolute Gasteiger partial charge is 0.262 e. The fraction of sp³-hybridized carbons (Fsp3) is 0.214. The number of nitrogens with zero attached hydrogens (tertiary/aromatic N) is 2. The maximum atomic E-state index is 11.9. The molecule has 0 radical (unpaired) electrons. The van der Waals surface area contributed by atoms with E-state index in [-0.39, 0.29) is 18.6 Å². The summed E-state index contributed by atoms with van der Waals surface area (Å²) in [5, 5.41) is 5.05. The van der Waals surface area contributed by atoms with Gasteiger partial charge in [0.1, 0.15) is 11.5 Å². The van der Waals surface area contributed by atoms with Crippen LogP contribution in [0.4, 0.5) is 11.4 Å². The first-order valence-electron chi connectivity index (χ1n) is 11.6. The first-order valence-corrected chi connectivity index (χ1v) is 12.5. The lowest BCUT2D eigenvalue weighted by atomic mass is 10.0. The quantitative estimate of drug-likeness (QED) is 0.350. The van der Waals surface area contributed by atoms with Crippen molar-refractivity contribution in [3.63, 3.8) is 0 Å². The molecule has 1 aliphatic rings. The Kier molecular flexibility index (Phi) is 6.68. The molecule has 0 saturated carbocycles. The fourth-order valence-electron chi connectivity index (χ4n) is 4.20. The van der Waals surface area contributed by atoms with Gasteiger partial charge in [-0.05, 0) is 67.8 Å². The Bertz CT molecular complexity index is 1390. The molecule has 0 spiro atoms. The van der Waals surface area contributed by atoms with E-state index in [9.17, 15) is 4.79 Å². The van der Waals surface area contributed by atoms with Crippen molar-refractivity contribution in [2.24, 2.45) is 4.99 Å². The molecule has 1 atom stereocenters. The summed E-state index contributed by atoms with van der Waals surface area (Å²) in [6, 6.07) is 24.4. The SMILES string of the molecule is COc1ccc(N=c2scc(-c3ccc4c(c3)NC(=O)CO4)n2[C@H](C)CCc2ccccc2)cc1. The number of hydrogen-bond acceptors (Lipinski definition) is 5. The minimum Gasteiger partial charge on any atom is -0.497 e. The Morgan fingerprint density at radius 2 is 1.91 bits per heavy atom. The molecule has 1 amide bonds. The molecule has 4 aromatic rings. The van der Waals surface area contributed by atoms with E-state index < -0.39 is 0 Å². The van der Waals surface area contributed by atoms with Crippen LogP contribution in [-0.2, 0) is 11.2 Å². The molecule has 2 heterocycles. The van der Waals surface area contributed by atoms with E-state index >= 15 is 0 Å². The summed E-state index contributed by atoms with van der Waals surface area (Å²) in [4.78, 5) is 17.7. The molecule has 0 bridgehead atoms. The van der Waals surface area contributed by atoms with E-state index in [4.69, 9.17) is 14.5 Å². The minimum absolute atomic E-state index is 0.0478. The number of nitrogens with one attached hydrogen (secondary N) is 1. The molecule has 0 fully saturated rings. The summed E-state index contributed by atoms with van der Waals surface area (Å²) in [5.74, 6) is 1.35. The first kappa shape index (κ1) is 22.9. The third-order valence-electron chi connectivity index (χ3n) is 6.08. The number of aromatic nitrogens is 1. The van der Waals surface area contributed by atoms with Gasteiger partial charge in [-0.2, -0.15) is 0 Å². The number of hydrogen-bond donors (Lipinski definition) is 1. The van der Waals surface area contributed by atoms with Crippen LogP contribution in [-0.4, -0.2) is 24.2 Å². The fourth-order valence-corrected chi connectivity index (χ4v) is 5.21. The van der Waals surface area contributed by atoms with Crippen LogP contribution in [0.25, 0.3) is 11.3 Å². The molecule has 0 saturated heterocycles. The highest BCUT2D eigenvalue weighted by Crippen LogP contribution is 2.34. The molecule has 5 rings (SSSR count). The highest BCUT2D eigenvalue weighted by atomic mass is 32.1. The maximum Gasteiger partial charge on any atom is 0.262 e. The van der Waals surface area contributed by atoms with Crippen LogP contribution >= 0.6 is 11.3 Å². The van der Waals surface area contributed by atoms with Gasteiger partial charge in [0.05, 0.1) is 24.2 Å². The van der Waals surface area contributed by atoms with Gasteiger partial charge in [-0.1, -0.05) is 30.3 Å². The van der Waals surface area contributed by atoms with E-state index in [1.807, 2.05) is 48.5 Å². The van der Waals surface area contributed by atoms with Crippen molar-refractivity contribution < 1.29 is 14.3 Å². The number of aryl methyl sites for hydroxylation is 1. The number of amides is 1. The van der Waals surface area contributed by atoms with Gasteiger partial charge in [-0.25, -0.2) is 4.99 Å². The Balaban J connectivity index is 1.54. The molecule has 7 heteroatoms. The zero-order chi connectivity index (χ0) is 24.2. The summed E-state index contributed by atoms with van der Waals surface area (Å²) in [5.41, 5.74) is 4.95. The van der Waals surface area contributed by atoms with Gasteiger partial charge in [-0.15, -0.1) is 11.3 Å². The second-order valence-corrected chi connectivity index (χ2v) is 9.34. The standard InChI is InChI=1S/C28H27N3O3S/c1-19(8-9-20-6-4-3-5-7-20)31-25(21-10-15-26-24(16-21)30-27(32)17-34-26)18-35-28(31)29-22-11-13-23(33-2)14-12-22/h3-7,10-16,18-19H,8-9,17H2,1-2H3,(H,30,32)/t19-/m1/s1. The van der Waals surface area contributed by atoms with Gasteiger partial charge < -0.3 is 19.4 Å². The second kappa shape index (κ2) is 10.2. The zero-order valence-corrected chi connectivity index (χ0v) is 20.5. The van der Waals surface area contributed by atoms with Crippen molar-refractivity contribution in [2.45, 2.75) is 25.8 Å². The number of carbonyl (C=O) groups excluding carboxylic acids is 1. The summed E-state index contributed by atoms with van der Waals surface area (Å²) in [6.07, 6.45) is 1.94. The molecular weight excluding hydrogens is 458 g/mol. The summed E-state index contributed by atoms with van der Waals surface area (Å²) < 4.78 is 13.1. The number of thiazole rings is 1. The third kappa shape index (κ3) is 5.15. The number of rotatable bonds is 7. The van der Waals surface area contributed by atoms with Gasteiger partial charge >= 0.3 is 0 Å². The second-order valence-electron chi connectivity index (χ2n) is 8.50. The normalized spacial score (nSPS) is 14.1. The Labute approximate surface area is 208 Å². The van der Waals surface area contributed by atoms with Gasteiger partial charge in [0.15, 0.2) is 11.4 Å². The van der Waals surface area contributed by atoms with Crippen molar-refractivity contribution >= 4 is 28.6 Å². The van der Waals surface area contributed by atoms with Gasteiger partial charge in [-0.3, -0.25) is 4.79 Å². The first-order chi connectivity index (χ1) is 17.1. The molecule has 1 aliphatic heterocycles.